The third kappa shape index (κ3) is 2.12. The highest BCUT2D eigenvalue weighted by Gasteiger charge is 2.07. The normalized spacial score (nSPS) is 9.62. The molecular formula is C10H9FOS. The molecule has 0 aliphatic carbocycles. The van der Waals surface area contributed by atoms with Crippen molar-refractivity contribution in [1.29, 1.82) is 0 Å². The molecule has 1 nitrogen and oxygen atoms in total. The minimum Gasteiger partial charge on any atom is -0.508 e. The third-order valence-electron chi connectivity index (χ3n) is 1.63. The molecule has 1 aromatic carbocycles. The van der Waals surface area contributed by atoms with Gasteiger partial charge in [0.2, 0.25) is 0 Å². The summed E-state index contributed by atoms with van der Waals surface area (Å²) in [6.07, 6.45) is 0. The quantitative estimate of drug-likeness (QED) is 0.742. The molecule has 0 unspecified atom stereocenters. The highest BCUT2D eigenvalue weighted by Crippen LogP contribution is 2.30. The Morgan fingerprint density at radius 1 is 1.23 bits per heavy atom. The van der Waals surface area contributed by atoms with Gasteiger partial charge in [-0.1, -0.05) is 37.4 Å². The zero-order valence-electron chi connectivity index (χ0n) is 6.96. The van der Waals surface area contributed by atoms with Crippen LogP contribution in [0, 0.1) is 0 Å². The number of aliphatic hydroxyl groups excluding tert-OH is 1. The molecule has 1 N–H and O–H groups in total. The Bertz CT molecular complexity index is 347. The Balaban J connectivity index is 3.19. The van der Waals surface area contributed by atoms with Crippen LogP contribution in [0.2, 0.25) is 0 Å². The Labute approximate surface area is 80.9 Å². The van der Waals surface area contributed by atoms with Crippen LogP contribution in [-0.4, -0.2) is 5.11 Å². The summed E-state index contributed by atoms with van der Waals surface area (Å²) in [4.78, 5) is 0.269. The molecule has 1 rings (SSSR count). The zero-order chi connectivity index (χ0) is 9.84. The summed E-state index contributed by atoms with van der Waals surface area (Å²) in [5, 5.41) is 9.18. The summed E-state index contributed by atoms with van der Waals surface area (Å²) in [5.74, 6) is -0.0780. The van der Waals surface area contributed by atoms with Crippen LogP contribution in [-0.2, 0) is 0 Å². The third-order valence-corrected chi connectivity index (χ3v) is 2.04. The molecule has 0 fully saturated rings. The van der Waals surface area contributed by atoms with E-state index >= 15 is 0 Å². The fraction of sp³-hybridized carbons (Fsp3) is 0. The highest BCUT2D eigenvalue weighted by atomic mass is 32.2. The molecule has 0 saturated carbocycles. The van der Waals surface area contributed by atoms with Crippen molar-refractivity contribution in [3.8, 4) is 0 Å². The van der Waals surface area contributed by atoms with Gasteiger partial charge in [0.25, 0.3) is 0 Å². The predicted molar refractivity (Wildman–Crippen MR) is 55.8 cm³/mol. The first-order chi connectivity index (χ1) is 6.16. The Morgan fingerprint density at radius 3 is 2.23 bits per heavy atom. The van der Waals surface area contributed by atoms with E-state index < -0.39 is 0 Å². The average molecular weight is 196 g/mol. The van der Waals surface area contributed by atoms with Crippen molar-refractivity contribution in [3.63, 3.8) is 0 Å². The van der Waals surface area contributed by atoms with E-state index in [4.69, 9.17) is 0 Å². The van der Waals surface area contributed by atoms with Gasteiger partial charge >= 0.3 is 0 Å². The molecule has 0 bridgehead atoms. The van der Waals surface area contributed by atoms with Crippen molar-refractivity contribution in [2.24, 2.45) is 0 Å². The van der Waals surface area contributed by atoms with Crippen LogP contribution in [0.3, 0.4) is 0 Å². The zero-order valence-corrected chi connectivity index (χ0v) is 7.77. The molecule has 0 heterocycles. The molecule has 0 atom stereocenters. The Kier molecular flexibility index (Phi) is 3.14. The molecule has 3 heteroatoms. The molecule has 0 saturated heterocycles. The van der Waals surface area contributed by atoms with Gasteiger partial charge in [0, 0.05) is 16.0 Å². The Hall–Kier alpha value is -1.22. The molecule has 0 aliphatic heterocycles. The standard InChI is InChI=1S/C10H9FOS/c1-7(12)9-5-3-4-6-10(9)8(2)13-11/h3-6,12H,1-2H2. The number of rotatable bonds is 3. The van der Waals surface area contributed by atoms with Gasteiger partial charge in [-0.15, -0.1) is 0 Å². The minimum absolute atomic E-state index is 0.0628. The van der Waals surface area contributed by atoms with E-state index in [0.717, 1.165) is 0 Å². The van der Waals surface area contributed by atoms with Gasteiger partial charge in [-0.2, -0.15) is 3.89 Å². The summed E-state index contributed by atoms with van der Waals surface area (Å²) in [6, 6.07) is 6.85. The van der Waals surface area contributed by atoms with E-state index in [0.29, 0.717) is 11.1 Å². The van der Waals surface area contributed by atoms with E-state index in [1.807, 2.05) is 0 Å². The number of benzene rings is 1. The fourth-order valence-electron chi connectivity index (χ4n) is 1.02. The minimum atomic E-state index is -0.0780. The van der Waals surface area contributed by atoms with Crippen molar-refractivity contribution >= 4 is 22.8 Å². The number of aliphatic hydroxyl groups is 1. The van der Waals surface area contributed by atoms with Gasteiger partial charge in [0.15, 0.2) is 0 Å². The van der Waals surface area contributed by atoms with Crippen LogP contribution in [0.5, 0.6) is 0 Å². The second-order valence-electron chi connectivity index (χ2n) is 2.49. The van der Waals surface area contributed by atoms with Gasteiger partial charge in [-0.25, -0.2) is 0 Å². The lowest BCUT2D eigenvalue weighted by Gasteiger charge is -2.06. The largest absolute Gasteiger partial charge is 0.508 e. The van der Waals surface area contributed by atoms with Crippen LogP contribution >= 0.6 is 12.1 Å². The molecule has 0 aliphatic rings. The van der Waals surface area contributed by atoms with Crippen LogP contribution in [0.1, 0.15) is 11.1 Å². The molecule has 0 spiro atoms. The molecule has 13 heavy (non-hydrogen) atoms. The smallest absolute Gasteiger partial charge is 0.116 e. The molecular weight excluding hydrogens is 187 g/mol. The van der Waals surface area contributed by atoms with Gasteiger partial charge in [0.1, 0.15) is 5.76 Å². The second-order valence-corrected chi connectivity index (χ2v) is 3.14. The summed E-state index contributed by atoms with van der Waals surface area (Å²) >= 11 is 0.0628. The van der Waals surface area contributed by atoms with Gasteiger partial charge in [-0.3, -0.25) is 0 Å². The van der Waals surface area contributed by atoms with Crippen LogP contribution in [0.15, 0.2) is 37.4 Å². The number of halogens is 1. The lowest BCUT2D eigenvalue weighted by atomic mass is 10.1. The molecule has 1 aromatic rings. The van der Waals surface area contributed by atoms with Gasteiger partial charge < -0.3 is 5.11 Å². The van der Waals surface area contributed by atoms with Gasteiger partial charge in [0.05, 0.1) is 12.1 Å². The second kappa shape index (κ2) is 4.14. The monoisotopic (exact) mass is 196 g/mol. The topological polar surface area (TPSA) is 20.2 Å². The van der Waals surface area contributed by atoms with Crippen molar-refractivity contribution in [1.82, 2.24) is 0 Å². The lowest BCUT2D eigenvalue weighted by Crippen LogP contribution is -1.88. The number of hydrogen-bond acceptors (Lipinski definition) is 2. The maximum atomic E-state index is 12.2. The van der Waals surface area contributed by atoms with Crippen LogP contribution < -0.4 is 0 Å². The van der Waals surface area contributed by atoms with E-state index in [1.54, 1.807) is 24.3 Å². The van der Waals surface area contributed by atoms with E-state index in [2.05, 4.69) is 13.2 Å². The maximum absolute atomic E-state index is 12.2. The van der Waals surface area contributed by atoms with Crippen molar-refractivity contribution in [2.75, 3.05) is 0 Å². The number of hydrogen-bond donors (Lipinski definition) is 1. The Morgan fingerprint density at radius 2 is 1.77 bits per heavy atom. The summed E-state index contributed by atoms with van der Waals surface area (Å²) in [5.41, 5.74) is 1.08. The fourth-order valence-corrected chi connectivity index (χ4v) is 1.28. The van der Waals surface area contributed by atoms with E-state index in [-0.39, 0.29) is 22.8 Å². The first-order valence-corrected chi connectivity index (χ1v) is 4.33. The van der Waals surface area contributed by atoms with Crippen LogP contribution in [0.4, 0.5) is 3.89 Å². The molecule has 0 amide bonds. The van der Waals surface area contributed by atoms with Crippen LogP contribution in [0.25, 0.3) is 10.7 Å². The van der Waals surface area contributed by atoms with Crippen molar-refractivity contribution < 1.29 is 8.99 Å². The molecule has 0 aromatic heterocycles. The predicted octanol–water partition coefficient (Wildman–Crippen LogP) is 3.80. The molecule has 0 radical (unpaired) electrons. The highest BCUT2D eigenvalue weighted by molar-refractivity contribution is 8.03. The summed E-state index contributed by atoms with van der Waals surface area (Å²) < 4.78 is 12.2. The summed E-state index contributed by atoms with van der Waals surface area (Å²) in [7, 11) is 0. The molecule has 68 valence electrons. The first-order valence-electron chi connectivity index (χ1n) is 3.62. The first kappa shape index (κ1) is 9.86. The van der Waals surface area contributed by atoms with E-state index in [1.165, 1.54) is 0 Å². The van der Waals surface area contributed by atoms with Gasteiger partial charge in [-0.05, 0) is 0 Å². The van der Waals surface area contributed by atoms with Crippen molar-refractivity contribution in [3.05, 3.63) is 48.6 Å². The van der Waals surface area contributed by atoms with Crippen molar-refractivity contribution in [2.45, 2.75) is 0 Å². The lowest BCUT2D eigenvalue weighted by molar-refractivity contribution is 0.513. The maximum Gasteiger partial charge on any atom is 0.116 e. The SMILES string of the molecule is C=C(O)c1ccccc1C(=C)SF. The average Bonchev–Trinajstić information content (AvgIpc) is 2.16. The summed E-state index contributed by atoms with van der Waals surface area (Å²) in [6.45, 7) is 6.91. The van der Waals surface area contributed by atoms with E-state index in [9.17, 15) is 8.99 Å².